The lowest BCUT2D eigenvalue weighted by molar-refractivity contribution is -0.111. The highest BCUT2D eigenvalue weighted by molar-refractivity contribution is 7.82. The molecule has 2 aromatic carbocycles. The number of nitrogens with zero attached hydrogens (tertiary/aromatic N) is 2. The Morgan fingerprint density at radius 3 is 1.65 bits per heavy atom. The fourth-order valence-corrected chi connectivity index (χ4v) is 2.35. The van der Waals surface area contributed by atoms with Crippen molar-refractivity contribution in [3.8, 4) is 0 Å². The van der Waals surface area contributed by atoms with Crippen molar-refractivity contribution in [1.29, 1.82) is 0 Å². The first-order chi connectivity index (χ1) is 9.70. The first-order valence-electron chi connectivity index (χ1n) is 6.03. The van der Waals surface area contributed by atoms with Crippen molar-refractivity contribution in [2.75, 3.05) is 9.80 Å². The molecule has 0 unspecified atom stereocenters. The van der Waals surface area contributed by atoms with E-state index in [1.54, 1.807) is 48.5 Å². The highest BCUT2D eigenvalue weighted by Crippen LogP contribution is 2.27. The van der Waals surface area contributed by atoms with Gasteiger partial charge in [-0.15, -0.1) is 0 Å². The fraction of sp³-hybridized carbons (Fsp3) is 0. The molecule has 0 aliphatic carbocycles. The smallest absolute Gasteiger partial charge is 0.265 e. The van der Waals surface area contributed by atoms with E-state index in [1.807, 2.05) is 12.1 Å². The number of benzene rings is 2. The second-order valence-electron chi connectivity index (χ2n) is 4.23. The van der Waals surface area contributed by atoms with Gasteiger partial charge in [-0.05, 0) is 24.3 Å². The Labute approximate surface area is 121 Å². The highest BCUT2D eigenvalue weighted by Gasteiger charge is 2.42. The summed E-state index contributed by atoms with van der Waals surface area (Å²) in [5.41, 5.74) is 1.11. The van der Waals surface area contributed by atoms with Crippen LogP contribution in [0.2, 0.25) is 0 Å². The van der Waals surface area contributed by atoms with Crippen LogP contribution in [0, 0.1) is 0 Å². The number of hydrogen-bond donors (Lipinski definition) is 0. The van der Waals surface area contributed by atoms with Gasteiger partial charge in [0.15, 0.2) is 4.99 Å². The van der Waals surface area contributed by atoms with Crippen molar-refractivity contribution in [1.82, 2.24) is 0 Å². The minimum atomic E-state index is -0.472. The van der Waals surface area contributed by atoms with Gasteiger partial charge in [0.25, 0.3) is 5.91 Å². The van der Waals surface area contributed by atoms with Gasteiger partial charge in [-0.2, -0.15) is 0 Å². The monoisotopic (exact) mass is 282 g/mol. The van der Waals surface area contributed by atoms with Gasteiger partial charge in [-0.3, -0.25) is 4.79 Å². The van der Waals surface area contributed by atoms with E-state index in [0.29, 0.717) is 11.4 Å². The first-order valence-corrected chi connectivity index (χ1v) is 6.43. The summed E-state index contributed by atoms with van der Waals surface area (Å²) in [5.74, 6) is -0.472. The van der Waals surface area contributed by atoms with E-state index in [1.165, 1.54) is 4.90 Å². The molecule has 1 aliphatic rings. The number of para-hydroxylation sites is 2. The molecule has 1 aliphatic heterocycles. The van der Waals surface area contributed by atoms with Crippen molar-refractivity contribution in [2.45, 2.75) is 0 Å². The lowest BCUT2D eigenvalue weighted by Gasteiger charge is -2.16. The van der Waals surface area contributed by atoms with E-state index in [0.717, 1.165) is 4.90 Å². The van der Waals surface area contributed by atoms with E-state index in [2.05, 4.69) is 0 Å². The summed E-state index contributed by atoms with van der Waals surface area (Å²) in [4.78, 5) is 27.0. The maximum absolute atomic E-state index is 12.5. The quantitative estimate of drug-likeness (QED) is 0.628. The fourth-order valence-electron chi connectivity index (χ4n) is 2.07. The standard InChI is InChI=1S/C15H10N2O2S/c18-13-14(20)17(12-9-5-2-6-10-12)15(19)16(13)11-7-3-1-4-8-11/h1-10H. The molecule has 0 radical (unpaired) electrons. The van der Waals surface area contributed by atoms with Crippen LogP contribution in [0.1, 0.15) is 0 Å². The van der Waals surface area contributed by atoms with E-state index in [-0.39, 0.29) is 4.99 Å². The zero-order valence-corrected chi connectivity index (χ0v) is 11.2. The Morgan fingerprint density at radius 2 is 1.15 bits per heavy atom. The van der Waals surface area contributed by atoms with Gasteiger partial charge in [0, 0.05) is 0 Å². The molecule has 3 rings (SSSR count). The number of hydrogen-bond acceptors (Lipinski definition) is 3. The number of carbonyl (C=O) groups excluding carboxylic acids is 2. The number of imide groups is 1. The van der Waals surface area contributed by atoms with Crippen LogP contribution < -0.4 is 9.80 Å². The number of carbonyl (C=O) groups is 2. The van der Waals surface area contributed by atoms with Crippen molar-refractivity contribution in [2.24, 2.45) is 0 Å². The predicted octanol–water partition coefficient (Wildman–Crippen LogP) is 2.99. The van der Waals surface area contributed by atoms with E-state index in [9.17, 15) is 9.59 Å². The van der Waals surface area contributed by atoms with Crippen molar-refractivity contribution >= 4 is 40.5 Å². The number of anilines is 2. The van der Waals surface area contributed by atoms with Gasteiger partial charge < -0.3 is 0 Å². The molecule has 98 valence electrons. The Bertz CT molecular complexity index is 626. The third-order valence-corrected chi connectivity index (χ3v) is 3.36. The molecule has 1 saturated heterocycles. The van der Waals surface area contributed by atoms with Gasteiger partial charge in [0.1, 0.15) is 0 Å². The molecule has 4 nitrogen and oxygen atoms in total. The molecule has 2 aromatic rings. The summed E-state index contributed by atoms with van der Waals surface area (Å²) in [7, 11) is 0. The zero-order chi connectivity index (χ0) is 14.1. The SMILES string of the molecule is O=C1C(=S)N(c2ccccc2)C(=O)N1c1ccccc1. The third-order valence-electron chi connectivity index (χ3n) is 3.00. The van der Waals surface area contributed by atoms with Crippen molar-refractivity contribution in [3.63, 3.8) is 0 Å². The van der Waals surface area contributed by atoms with Crippen molar-refractivity contribution < 1.29 is 9.59 Å². The Hall–Kier alpha value is -2.53. The maximum Gasteiger partial charge on any atom is 0.341 e. The van der Waals surface area contributed by atoms with Crippen LogP contribution in [0.3, 0.4) is 0 Å². The minimum Gasteiger partial charge on any atom is -0.265 e. The number of amides is 3. The topological polar surface area (TPSA) is 40.6 Å². The van der Waals surface area contributed by atoms with E-state index in [4.69, 9.17) is 12.2 Å². The second-order valence-corrected chi connectivity index (χ2v) is 4.62. The van der Waals surface area contributed by atoms with Crippen LogP contribution in [0.25, 0.3) is 0 Å². The molecule has 0 aromatic heterocycles. The molecule has 1 fully saturated rings. The van der Waals surface area contributed by atoms with E-state index < -0.39 is 11.9 Å². The third kappa shape index (κ3) is 1.88. The van der Waals surface area contributed by atoms with Crippen LogP contribution in [-0.4, -0.2) is 16.9 Å². The molecule has 20 heavy (non-hydrogen) atoms. The zero-order valence-electron chi connectivity index (χ0n) is 10.4. The summed E-state index contributed by atoms with van der Waals surface area (Å²) in [6, 6.07) is 17.2. The Kier molecular flexibility index (Phi) is 3.04. The summed E-state index contributed by atoms with van der Waals surface area (Å²) in [5, 5.41) is 0. The van der Waals surface area contributed by atoms with Gasteiger partial charge in [-0.1, -0.05) is 48.6 Å². The van der Waals surface area contributed by atoms with Crippen LogP contribution in [0.5, 0.6) is 0 Å². The first kappa shape index (κ1) is 12.5. The van der Waals surface area contributed by atoms with Crippen LogP contribution >= 0.6 is 12.2 Å². The average Bonchev–Trinajstić information content (AvgIpc) is 2.71. The molecule has 0 spiro atoms. The van der Waals surface area contributed by atoms with Crippen LogP contribution in [0.4, 0.5) is 16.2 Å². The lowest BCUT2D eigenvalue weighted by Crippen LogP contribution is -2.33. The minimum absolute atomic E-state index is 0.00921. The molecule has 0 N–H and O–H groups in total. The summed E-state index contributed by atoms with van der Waals surface area (Å²) < 4.78 is 0. The lowest BCUT2D eigenvalue weighted by atomic mass is 10.3. The Balaban J connectivity index is 2.03. The van der Waals surface area contributed by atoms with Crippen LogP contribution in [-0.2, 0) is 4.79 Å². The molecular formula is C15H10N2O2S. The molecule has 5 heteroatoms. The van der Waals surface area contributed by atoms with Gasteiger partial charge >= 0.3 is 6.03 Å². The molecule has 3 amide bonds. The summed E-state index contributed by atoms with van der Waals surface area (Å²) in [6.07, 6.45) is 0. The summed E-state index contributed by atoms with van der Waals surface area (Å²) in [6.45, 7) is 0. The highest BCUT2D eigenvalue weighted by atomic mass is 32.1. The summed E-state index contributed by atoms with van der Waals surface area (Å²) >= 11 is 5.11. The van der Waals surface area contributed by atoms with Crippen molar-refractivity contribution in [3.05, 3.63) is 60.7 Å². The molecule has 1 heterocycles. The Morgan fingerprint density at radius 1 is 0.700 bits per heavy atom. The van der Waals surface area contributed by atoms with Crippen LogP contribution in [0.15, 0.2) is 60.7 Å². The maximum atomic E-state index is 12.5. The number of urea groups is 1. The van der Waals surface area contributed by atoms with Gasteiger partial charge in [0.05, 0.1) is 11.4 Å². The molecule has 0 saturated carbocycles. The molecule has 0 bridgehead atoms. The average molecular weight is 282 g/mol. The van der Waals surface area contributed by atoms with E-state index >= 15 is 0 Å². The number of thiocarbonyl (C=S) groups is 1. The molecule has 0 atom stereocenters. The second kappa shape index (κ2) is 4.86. The van der Waals surface area contributed by atoms with Gasteiger partial charge in [0.2, 0.25) is 0 Å². The number of rotatable bonds is 2. The predicted molar refractivity (Wildman–Crippen MR) is 80.8 cm³/mol. The van der Waals surface area contributed by atoms with Gasteiger partial charge in [-0.25, -0.2) is 14.6 Å². The normalized spacial score (nSPS) is 15.1. The molecular weight excluding hydrogens is 272 g/mol. The largest absolute Gasteiger partial charge is 0.341 e.